The Morgan fingerprint density at radius 2 is 1.42 bits per heavy atom. The summed E-state index contributed by atoms with van der Waals surface area (Å²) in [4.78, 5) is 30.4. The number of hydrogen-bond acceptors (Lipinski definition) is 2. The molecule has 0 N–H and O–H groups in total. The number of carbonyl (C=O) groups is 2. The molecule has 0 bridgehead atoms. The minimum absolute atomic E-state index is 0.0000178. The van der Waals surface area contributed by atoms with Crippen LogP contribution in [0.2, 0.25) is 0 Å². The van der Waals surface area contributed by atoms with Gasteiger partial charge in [0.2, 0.25) is 11.8 Å². The number of piperidine rings is 1. The summed E-state index contributed by atoms with van der Waals surface area (Å²) < 4.78 is 38.5. The summed E-state index contributed by atoms with van der Waals surface area (Å²) in [5.74, 6) is -0.205. The molecule has 0 atom stereocenters. The molecule has 7 heteroatoms. The van der Waals surface area contributed by atoms with E-state index in [4.69, 9.17) is 0 Å². The van der Waals surface area contributed by atoms with E-state index in [9.17, 15) is 22.8 Å². The normalized spacial score (nSPS) is 18.1. The summed E-state index contributed by atoms with van der Waals surface area (Å²) in [6, 6.07) is 24.6. The van der Waals surface area contributed by atoms with Gasteiger partial charge >= 0.3 is 6.18 Å². The van der Waals surface area contributed by atoms with Gasteiger partial charge in [-0.3, -0.25) is 9.59 Å². The van der Waals surface area contributed by atoms with Crippen LogP contribution in [0.1, 0.15) is 41.0 Å². The fraction of sp³-hybridized carbons (Fsp3) is 0.310. The lowest BCUT2D eigenvalue weighted by Gasteiger charge is -2.44. The van der Waals surface area contributed by atoms with Gasteiger partial charge in [0.15, 0.2) is 0 Å². The summed E-state index contributed by atoms with van der Waals surface area (Å²) in [6.07, 6.45) is -2.92. The van der Waals surface area contributed by atoms with Gasteiger partial charge in [-0.15, -0.1) is 0 Å². The van der Waals surface area contributed by atoms with Crippen molar-refractivity contribution in [2.45, 2.75) is 30.4 Å². The van der Waals surface area contributed by atoms with E-state index in [0.29, 0.717) is 26.1 Å². The molecule has 0 saturated carbocycles. The van der Waals surface area contributed by atoms with E-state index in [2.05, 4.69) is 0 Å². The number of benzene rings is 3. The van der Waals surface area contributed by atoms with Crippen LogP contribution in [0.15, 0.2) is 84.9 Å². The standard InChI is InChI=1S/C29H27F3N2O2/c30-29(31,32)25-14-12-21(13-15-25)22-18-34(19-22)26(35)20-33-17-7-16-28(27(33)36,23-8-3-1-4-9-23)24-10-5-2-6-11-24/h1-6,8-15,22H,7,16-20H2. The Hall–Kier alpha value is -3.61. The van der Waals surface area contributed by atoms with Gasteiger partial charge in [-0.25, -0.2) is 0 Å². The molecule has 2 heterocycles. The van der Waals surface area contributed by atoms with Crippen LogP contribution in [0.5, 0.6) is 0 Å². The van der Waals surface area contributed by atoms with Crippen molar-refractivity contribution >= 4 is 11.8 Å². The summed E-state index contributed by atoms with van der Waals surface area (Å²) >= 11 is 0. The van der Waals surface area contributed by atoms with Gasteiger partial charge in [0.05, 0.1) is 17.5 Å². The first-order chi connectivity index (χ1) is 17.3. The van der Waals surface area contributed by atoms with E-state index >= 15 is 0 Å². The summed E-state index contributed by atoms with van der Waals surface area (Å²) in [7, 11) is 0. The smallest absolute Gasteiger partial charge is 0.340 e. The topological polar surface area (TPSA) is 40.6 Å². The molecule has 5 rings (SSSR count). The Labute approximate surface area is 208 Å². The molecule has 0 radical (unpaired) electrons. The van der Waals surface area contributed by atoms with Crippen molar-refractivity contribution in [3.8, 4) is 0 Å². The predicted octanol–water partition coefficient (Wildman–Crippen LogP) is 5.24. The lowest BCUT2D eigenvalue weighted by Crippen LogP contribution is -2.57. The largest absolute Gasteiger partial charge is 0.416 e. The van der Waals surface area contributed by atoms with Crippen LogP contribution in [-0.4, -0.2) is 47.8 Å². The molecule has 4 nitrogen and oxygen atoms in total. The molecular formula is C29H27F3N2O2. The number of rotatable bonds is 5. The summed E-state index contributed by atoms with van der Waals surface area (Å²) in [5, 5.41) is 0. The van der Waals surface area contributed by atoms with Gasteiger partial charge in [0.25, 0.3) is 0 Å². The zero-order valence-corrected chi connectivity index (χ0v) is 19.7. The zero-order valence-electron chi connectivity index (χ0n) is 19.7. The predicted molar refractivity (Wildman–Crippen MR) is 130 cm³/mol. The number of halogens is 3. The molecule has 186 valence electrons. The van der Waals surface area contributed by atoms with Crippen LogP contribution in [0, 0.1) is 0 Å². The lowest BCUT2D eigenvalue weighted by atomic mass is 9.68. The van der Waals surface area contributed by atoms with Crippen molar-refractivity contribution in [2.75, 3.05) is 26.2 Å². The number of hydrogen-bond donors (Lipinski definition) is 0. The molecule has 3 aromatic rings. The highest BCUT2D eigenvalue weighted by Crippen LogP contribution is 2.41. The molecule has 0 aromatic heterocycles. The summed E-state index contributed by atoms with van der Waals surface area (Å²) in [6.45, 7) is 1.39. The third-order valence-electron chi connectivity index (χ3n) is 7.44. The number of carbonyl (C=O) groups excluding carboxylic acids is 2. The number of amides is 2. The summed E-state index contributed by atoms with van der Waals surface area (Å²) in [5.41, 5.74) is 1.11. The molecule has 2 aliphatic rings. The molecule has 0 spiro atoms. The Bertz CT molecular complexity index is 1180. The molecule has 2 amide bonds. The fourth-order valence-corrected chi connectivity index (χ4v) is 5.41. The van der Waals surface area contributed by atoms with Crippen molar-refractivity contribution in [3.05, 3.63) is 107 Å². The van der Waals surface area contributed by atoms with E-state index in [0.717, 1.165) is 35.2 Å². The Balaban J connectivity index is 1.29. The first-order valence-corrected chi connectivity index (χ1v) is 12.1. The second-order valence-corrected chi connectivity index (χ2v) is 9.58. The maximum absolute atomic E-state index is 14.0. The van der Waals surface area contributed by atoms with Gasteiger partial charge in [0.1, 0.15) is 0 Å². The van der Waals surface area contributed by atoms with Crippen molar-refractivity contribution in [3.63, 3.8) is 0 Å². The Kier molecular flexibility index (Phi) is 6.33. The van der Waals surface area contributed by atoms with E-state index < -0.39 is 17.2 Å². The van der Waals surface area contributed by atoms with E-state index in [1.807, 2.05) is 60.7 Å². The van der Waals surface area contributed by atoms with Crippen LogP contribution < -0.4 is 0 Å². The third kappa shape index (κ3) is 4.38. The Morgan fingerprint density at radius 1 is 0.861 bits per heavy atom. The molecule has 2 saturated heterocycles. The van der Waals surface area contributed by atoms with Crippen LogP contribution >= 0.6 is 0 Å². The van der Waals surface area contributed by atoms with Crippen LogP contribution in [-0.2, 0) is 21.2 Å². The first-order valence-electron chi connectivity index (χ1n) is 12.1. The highest BCUT2D eigenvalue weighted by Gasteiger charge is 2.47. The maximum Gasteiger partial charge on any atom is 0.416 e. The fourth-order valence-electron chi connectivity index (χ4n) is 5.41. The number of alkyl halides is 3. The van der Waals surface area contributed by atoms with E-state index in [1.165, 1.54) is 12.1 Å². The lowest BCUT2D eigenvalue weighted by molar-refractivity contribution is -0.147. The van der Waals surface area contributed by atoms with Crippen molar-refractivity contribution in [1.82, 2.24) is 9.80 Å². The van der Waals surface area contributed by atoms with Crippen molar-refractivity contribution in [2.24, 2.45) is 0 Å². The molecule has 2 aliphatic heterocycles. The van der Waals surface area contributed by atoms with Crippen LogP contribution in [0.4, 0.5) is 13.2 Å². The van der Waals surface area contributed by atoms with Crippen molar-refractivity contribution in [1.29, 1.82) is 0 Å². The van der Waals surface area contributed by atoms with E-state index in [-0.39, 0.29) is 24.3 Å². The first kappa shape index (κ1) is 24.1. The number of nitrogens with zero attached hydrogens (tertiary/aromatic N) is 2. The molecular weight excluding hydrogens is 465 g/mol. The monoisotopic (exact) mass is 492 g/mol. The molecule has 3 aromatic carbocycles. The molecule has 0 unspecified atom stereocenters. The van der Waals surface area contributed by atoms with Gasteiger partial charge in [-0.05, 0) is 41.7 Å². The van der Waals surface area contributed by atoms with Crippen LogP contribution in [0.3, 0.4) is 0 Å². The highest BCUT2D eigenvalue weighted by molar-refractivity contribution is 5.95. The second kappa shape index (κ2) is 9.45. The average Bonchev–Trinajstić information content (AvgIpc) is 2.85. The van der Waals surface area contributed by atoms with Gasteiger partial charge in [-0.2, -0.15) is 13.2 Å². The third-order valence-corrected chi connectivity index (χ3v) is 7.44. The van der Waals surface area contributed by atoms with Gasteiger partial charge < -0.3 is 9.80 Å². The molecule has 36 heavy (non-hydrogen) atoms. The Morgan fingerprint density at radius 3 is 1.94 bits per heavy atom. The van der Waals surface area contributed by atoms with E-state index in [1.54, 1.807) is 9.80 Å². The minimum atomic E-state index is -4.37. The highest BCUT2D eigenvalue weighted by atomic mass is 19.4. The van der Waals surface area contributed by atoms with Gasteiger partial charge in [0, 0.05) is 25.6 Å². The number of likely N-dealkylation sites (tertiary alicyclic amines) is 2. The minimum Gasteiger partial charge on any atom is -0.340 e. The van der Waals surface area contributed by atoms with Crippen molar-refractivity contribution < 1.29 is 22.8 Å². The maximum atomic E-state index is 14.0. The van der Waals surface area contributed by atoms with Crippen LogP contribution in [0.25, 0.3) is 0 Å². The SMILES string of the molecule is O=C(CN1CCCC(c2ccccc2)(c2ccccc2)C1=O)N1CC(c2ccc(C(F)(F)F)cc2)C1. The quantitative estimate of drug-likeness (QED) is 0.489. The van der Waals surface area contributed by atoms with Gasteiger partial charge in [-0.1, -0.05) is 72.8 Å². The average molecular weight is 493 g/mol. The molecule has 2 fully saturated rings. The molecule has 0 aliphatic carbocycles. The second-order valence-electron chi connectivity index (χ2n) is 9.58. The zero-order chi connectivity index (χ0) is 25.3.